The number of aliphatic carboxylic acids is 2. The average molecular weight is 732 g/mol. The Bertz CT molecular complexity index is 1820. The van der Waals surface area contributed by atoms with E-state index in [0.717, 1.165) is 0 Å². The Hall–Kier alpha value is -5.75. The predicted octanol–water partition coefficient (Wildman–Crippen LogP) is 6.38. The number of amidine groups is 2. The minimum Gasteiger partial charge on any atom is -0.475 e. The fourth-order valence-electron chi connectivity index (χ4n) is 3.02. The third-order valence-corrected chi connectivity index (χ3v) is 5.86. The maximum Gasteiger partial charge on any atom is 0.490 e. The van der Waals surface area contributed by atoms with Crippen LogP contribution in [0.2, 0.25) is 10.0 Å². The Balaban J connectivity index is 0.000000500. The van der Waals surface area contributed by atoms with E-state index in [1.807, 2.05) is 6.07 Å². The lowest BCUT2D eigenvalue weighted by Gasteiger charge is -2.09. The summed E-state index contributed by atoms with van der Waals surface area (Å²) in [6.45, 7) is 0. The second-order valence-electron chi connectivity index (χ2n) is 8.81. The van der Waals surface area contributed by atoms with Crippen LogP contribution in [0, 0.1) is 0 Å². The van der Waals surface area contributed by atoms with Crippen LogP contribution in [0.15, 0.2) is 95.2 Å². The monoisotopic (exact) mass is 731 g/mol. The number of rotatable bonds is 6. The third-order valence-electron chi connectivity index (χ3n) is 5.24. The number of aliphatic imine (C=N–C) groups is 2. The smallest absolute Gasteiger partial charge is 0.475 e. The lowest BCUT2D eigenvalue weighted by Crippen LogP contribution is -2.21. The summed E-state index contributed by atoms with van der Waals surface area (Å²) in [5.74, 6) is -5.45. The predicted molar refractivity (Wildman–Crippen MR) is 167 cm³/mol. The highest BCUT2D eigenvalue weighted by atomic mass is 35.5. The van der Waals surface area contributed by atoms with Crippen molar-refractivity contribution >= 4 is 69.8 Å². The molecule has 49 heavy (non-hydrogen) atoms. The molecule has 0 fully saturated rings. The quantitative estimate of drug-likeness (QED) is 0.0846. The third kappa shape index (κ3) is 13.1. The van der Waals surface area contributed by atoms with Gasteiger partial charge >= 0.3 is 24.3 Å². The fraction of sp³-hybridized carbons (Fsp3) is 0.0690. The van der Waals surface area contributed by atoms with Gasteiger partial charge in [-0.1, -0.05) is 35.3 Å². The molecule has 2 aromatic heterocycles. The molecule has 4 rings (SSSR count). The van der Waals surface area contributed by atoms with Crippen LogP contribution in [0.5, 0.6) is 0 Å². The van der Waals surface area contributed by atoms with Gasteiger partial charge in [0.1, 0.15) is 23.1 Å². The standard InChI is InChI=1S/C25H19Cl2N7O.2C2HF3O2/c26-17-13-15(7-9-19(17)33-24(29)22-6-2-4-12-31-22)25(35)34-20-10-8-16(14-18(20)27)32-23(28)21-5-1-3-11-30-21;2*3-2(4,5)1(6)7/h1-14H,(H2,28,32)(H2,29,33)(H,34,35);2*(H,6,7). The summed E-state index contributed by atoms with van der Waals surface area (Å²) in [5.41, 5.74) is 14.7. The van der Waals surface area contributed by atoms with Crippen molar-refractivity contribution in [2.24, 2.45) is 21.5 Å². The number of aromatic nitrogens is 2. The minimum atomic E-state index is -5.08. The number of pyridine rings is 2. The molecule has 0 aliphatic carbocycles. The fourth-order valence-corrected chi connectivity index (χ4v) is 3.47. The number of hydrogen-bond donors (Lipinski definition) is 5. The van der Waals surface area contributed by atoms with E-state index in [1.54, 1.807) is 73.1 Å². The SMILES string of the molecule is NC(=Nc1ccc(NC(=O)c2ccc(N=C(N)c3ccccn3)c(Cl)c2)c(Cl)c1)c1ccccn1.O=C(O)C(F)(F)F.O=C(O)C(F)(F)F. The van der Waals surface area contributed by atoms with E-state index in [0.29, 0.717) is 39.0 Å². The Morgan fingerprint density at radius 2 is 1.18 bits per heavy atom. The van der Waals surface area contributed by atoms with Crippen molar-refractivity contribution in [3.05, 3.63) is 112 Å². The lowest BCUT2D eigenvalue weighted by atomic mass is 10.2. The number of benzene rings is 2. The van der Waals surface area contributed by atoms with Crippen LogP contribution in [0.25, 0.3) is 0 Å². The summed E-state index contributed by atoms with van der Waals surface area (Å²) in [5, 5.41) is 17.6. The maximum absolute atomic E-state index is 12.8. The molecule has 7 N–H and O–H groups in total. The summed E-state index contributed by atoms with van der Waals surface area (Å²) in [7, 11) is 0. The van der Waals surface area contributed by atoms with Crippen LogP contribution in [0.4, 0.5) is 43.4 Å². The van der Waals surface area contributed by atoms with Crippen LogP contribution in [-0.2, 0) is 9.59 Å². The number of carbonyl (C=O) groups is 3. The minimum absolute atomic E-state index is 0.211. The molecule has 0 aliphatic heterocycles. The first kappa shape index (κ1) is 39.4. The van der Waals surface area contributed by atoms with Gasteiger partial charge in [0.15, 0.2) is 0 Å². The molecule has 0 saturated heterocycles. The first-order chi connectivity index (χ1) is 22.8. The van der Waals surface area contributed by atoms with Gasteiger partial charge in [0, 0.05) is 18.0 Å². The second-order valence-corrected chi connectivity index (χ2v) is 9.63. The highest BCUT2D eigenvalue weighted by molar-refractivity contribution is 6.35. The number of nitrogens with two attached hydrogens (primary N) is 2. The number of carbonyl (C=O) groups excluding carboxylic acids is 1. The second kappa shape index (κ2) is 17.4. The molecule has 0 spiro atoms. The number of carboxylic acids is 2. The van der Waals surface area contributed by atoms with Gasteiger partial charge in [-0.05, 0) is 60.7 Å². The van der Waals surface area contributed by atoms with Gasteiger partial charge in [-0.2, -0.15) is 26.3 Å². The molecular formula is C29H21Cl2F6N7O5. The van der Waals surface area contributed by atoms with Crippen molar-refractivity contribution in [1.29, 1.82) is 0 Å². The number of amides is 1. The zero-order valence-corrected chi connectivity index (χ0v) is 25.7. The zero-order valence-electron chi connectivity index (χ0n) is 24.2. The van der Waals surface area contributed by atoms with Crippen LogP contribution in [0.1, 0.15) is 21.7 Å². The van der Waals surface area contributed by atoms with Crippen molar-refractivity contribution < 1.29 is 50.9 Å². The van der Waals surface area contributed by atoms with Gasteiger partial charge in [-0.3, -0.25) is 14.8 Å². The molecule has 2 heterocycles. The average Bonchev–Trinajstić information content (AvgIpc) is 3.03. The number of anilines is 1. The number of carboxylic acid groups (broad SMARTS) is 2. The van der Waals surface area contributed by atoms with E-state index in [4.69, 9.17) is 54.5 Å². The normalized spacial score (nSPS) is 11.7. The summed E-state index contributed by atoms with van der Waals surface area (Å²) >= 11 is 12.7. The van der Waals surface area contributed by atoms with Crippen LogP contribution >= 0.6 is 23.2 Å². The van der Waals surface area contributed by atoms with Gasteiger partial charge in [0.25, 0.3) is 5.91 Å². The van der Waals surface area contributed by atoms with Crippen molar-refractivity contribution in [2.45, 2.75) is 12.4 Å². The Kier molecular flexibility index (Phi) is 14.0. The van der Waals surface area contributed by atoms with Gasteiger partial charge in [-0.15, -0.1) is 0 Å². The summed E-state index contributed by atoms with van der Waals surface area (Å²) in [4.78, 5) is 47.5. The Labute approximate surface area is 281 Å². The topological polar surface area (TPSA) is 206 Å². The lowest BCUT2D eigenvalue weighted by molar-refractivity contribution is -0.193. The zero-order chi connectivity index (χ0) is 36.9. The van der Waals surface area contributed by atoms with E-state index in [-0.39, 0.29) is 16.7 Å². The molecule has 4 aromatic rings. The summed E-state index contributed by atoms with van der Waals surface area (Å²) in [6.07, 6.45) is -6.92. The molecule has 1 amide bonds. The van der Waals surface area contributed by atoms with E-state index < -0.39 is 30.2 Å². The Morgan fingerprint density at radius 3 is 1.59 bits per heavy atom. The van der Waals surface area contributed by atoms with Crippen molar-refractivity contribution in [3.8, 4) is 0 Å². The summed E-state index contributed by atoms with van der Waals surface area (Å²) < 4.78 is 63.5. The number of alkyl halides is 6. The van der Waals surface area contributed by atoms with Gasteiger partial charge < -0.3 is 27.0 Å². The van der Waals surface area contributed by atoms with E-state index in [9.17, 15) is 31.1 Å². The molecule has 20 heteroatoms. The first-order valence-electron chi connectivity index (χ1n) is 12.8. The van der Waals surface area contributed by atoms with E-state index in [2.05, 4.69) is 25.3 Å². The number of nitrogens with zero attached hydrogens (tertiary/aromatic N) is 4. The number of halogens is 8. The molecule has 0 radical (unpaired) electrons. The molecule has 0 saturated carbocycles. The first-order valence-corrected chi connectivity index (χ1v) is 13.6. The van der Waals surface area contributed by atoms with Crippen molar-refractivity contribution in [1.82, 2.24) is 9.97 Å². The highest BCUT2D eigenvalue weighted by Crippen LogP contribution is 2.30. The van der Waals surface area contributed by atoms with Gasteiger partial charge in [0.05, 0.1) is 27.1 Å². The van der Waals surface area contributed by atoms with E-state index >= 15 is 0 Å². The molecule has 258 valence electrons. The van der Waals surface area contributed by atoms with Crippen LogP contribution in [0.3, 0.4) is 0 Å². The maximum atomic E-state index is 12.8. The molecule has 0 bridgehead atoms. The molecule has 0 unspecified atom stereocenters. The number of hydrogen-bond acceptors (Lipinski definition) is 7. The summed E-state index contributed by atoms with van der Waals surface area (Å²) in [6, 6.07) is 20.3. The van der Waals surface area contributed by atoms with E-state index in [1.165, 1.54) is 6.07 Å². The molecular weight excluding hydrogens is 711 g/mol. The van der Waals surface area contributed by atoms with Crippen molar-refractivity contribution in [2.75, 3.05) is 5.32 Å². The molecule has 12 nitrogen and oxygen atoms in total. The number of nitrogens with one attached hydrogen (secondary N) is 1. The van der Waals surface area contributed by atoms with Crippen molar-refractivity contribution in [3.63, 3.8) is 0 Å². The largest absolute Gasteiger partial charge is 0.490 e. The van der Waals surface area contributed by atoms with Gasteiger partial charge in [-0.25, -0.2) is 19.6 Å². The van der Waals surface area contributed by atoms with Gasteiger partial charge in [0.2, 0.25) is 0 Å². The van der Waals surface area contributed by atoms with Crippen LogP contribution in [-0.4, -0.2) is 62.1 Å². The highest BCUT2D eigenvalue weighted by Gasteiger charge is 2.38. The molecule has 0 aliphatic rings. The Morgan fingerprint density at radius 1 is 0.694 bits per heavy atom. The molecule has 2 aromatic carbocycles. The van der Waals surface area contributed by atoms with Crippen LogP contribution < -0.4 is 16.8 Å². The molecule has 0 atom stereocenters.